The predicted octanol–water partition coefficient (Wildman–Crippen LogP) is 4.33. The minimum atomic E-state index is -0.181. The van der Waals surface area contributed by atoms with E-state index >= 15 is 0 Å². The SMILES string of the molecule is COc1ccc(Nc2cncc(C(=O)NC(C)c3ccccc3)c2)cc1OC. The third-order valence-electron chi connectivity index (χ3n) is 4.32. The van der Waals surface area contributed by atoms with E-state index in [-0.39, 0.29) is 11.9 Å². The molecular formula is C22H23N3O3. The molecule has 0 aliphatic rings. The van der Waals surface area contributed by atoms with Crippen molar-refractivity contribution in [1.29, 1.82) is 0 Å². The second-order valence-electron chi connectivity index (χ2n) is 6.26. The van der Waals surface area contributed by atoms with Crippen LogP contribution in [-0.4, -0.2) is 25.1 Å². The first kappa shape index (κ1) is 19.2. The van der Waals surface area contributed by atoms with Crippen LogP contribution in [0.15, 0.2) is 67.0 Å². The molecule has 0 aliphatic carbocycles. The quantitative estimate of drug-likeness (QED) is 0.641. The van der Waals surface area contributed by atoms with E-state index in [1.807, 2.05) is 55.5 Å². The van der Waals surface area contributed by atoms with Gasteiger partial charge in [0.05, 0.1) is 37.7 Å². The highest BCUT2D eigenvalue weighted by molar-refractivity contribution is 5.95. The van der Waals surface area contributed by atoms with Crippen LogP contribution in [0.25, 0.3) is 0 Å². The number of rotatable bonds is 7. The Morgan fingerprint density at radius 2 is 1.68 bits per heavy atom. The monoisotopic (exact) mass is 377 g/mol. The minimum Gasteiger partial charge on any atom is -0.493 e. The number of aromatic nitrogens is 1. The highest BCUT2D eigenvalue weighted by Crippen LogP contribution is 2.31. The molecule has 0 radical (unpaired) electrons. The summed E-state index contributed by atoms with van der Waals surface area (Å²) in [6.07, 6.45) is 3.21. The fraction of sp³-hybridized carbons (Fsp3) is 0.182. The van der Waals surface area contributed by atoms with Crippen molar-refractivity contribution in [3.8, 4) is 11.5 Å². The lowest BCUT2D eigenvalue weighted by Crippen LogP contribution is -2.26. The molecule has 1 atom stereocenters. The summed E-state index contributed by atoms with van der Waals surface area (Å²) >= 11 is 0. The number of nitrogens with zero attached hydrogens (tertiary/aromatic N) is 1. The Kier molecular flexibility index (Phi) is 6.11. The van der Waals surface area contributed by atoms with Crippen molar-refractivity contribution in [3.63, 3.8) is 0 Å². The Balaban J connectivity index is 1.72. The number of carbonyl (C=O) groups is 1. The van der Waals surface area contributed by atoms with E-state index in [9.17, 15) is 4.79 Å². The van der Waals surface area contributed by atoms with Gasteiger partial charge >= 0.3 is 0 Å². The van der Waals surface area contributed by atoms with Crippen LogP contribution in [-0.2, 0) is 0 Å². The van der Waals surface area contributed by atoms with Crippen LogP contribution in [0.4, 0.5) is 11.4 Å². The second kappa shape index (κ2) is 8.90. The zero-order valence-electron chi connectivity index (χ0n) is 16.1. The lowest BCUT2D eigenvalue weighted by molar-refractivity contribution is 0.0939. The fourth-order valence-corrected chi connectivity index (χ4v) is 2.82. The molecule has 0 bridgehead atoms. The van der Waals surface area contributed by atoms with Crippen LogP contribution in [0.1, 0.15) is 28.9 Å². The molecule has 1 unspecified atom stereocenters. The molecule has 2 aromatic carbocycles. The van der Waals surface area contributed by atoms with Crippen LogP contribution >= 0.6 is 0 Å². The topological polar surface area (TPSA) is 72.5 Å². The molecule has 6 nitrogen and oxygen atoms in total. The zero-order chi connectivity index (χ0) is 19.9. The van der Waals surface area contributed by atoms with Gasteiger partial charge in [-0.1, -0.05) is 30.3 Å². The van der Waals surface area contributed by atoms with Crippen molar-refractivity contribution >= 4 is 17.3 Å². The van der Waals surface area contributed by atoms with Crippen LogP contribution < -0.4 is 20.1 Å². The van der Waals surface area contributed by atoms with E-state index in [0.29, 0.717) is 22.7 Å². The Labute approximate surface area is 164 Å². The predicted molar refractivity (Wildman–Crippen MR) is 109 cm³/mol. The van der Waals surface area contributed by atoms with Crippen LogP contribution in [0.2, 0.25) is 0 Å². The molecule has 3 aromatic rings. The maximum Gasteiger partial charge on any atom is 0.253 e. The maximum atomic E-state index is 12.6. The normalized spacial score (nSPS) is 11.4. The molecule has 1 amide bonds. The van der Waals surface area contributed by atoms with Gasteiger partial charge in [-0.25, -0.2) is 0 Å². The average Bonchev–Trinajstić information content (AvgIpc) is 2.74. The first-order valence-electron chi connectivity index (χ1n) is 8.90. The van der Waals surface area contributed by atoms with Crippen molar-refractivity contribution in [2.24, 2.45) is 0 Å². The molecule has 0 fully saturated rings. The number of benzene rings is 2. The first-order chi connectivity index (χ1) is 13.6. The number of ether oxygens (including phenoxy) is 2. The Morgan fingerprint density at radius 3 is 2.39 bits per heavy atom. The number of anilines is 2. The van der Waals surface area contributed by atoms with E-state index < -0.39 is 0 Å². The highest BCUT2D eigenvalue weighted by Gasteiger charge is 2.12. The molecule has 0 saturated carbocycles. The smallest absolute Gasteiger partial charge is 0.253 e. The van der Waals surface area contributed by atoms with Gasteiger partial charge in [0.15, 0.2) is 11.5 Å². The Morgan fingerprint density at radius 1 is 0.929 bits per heavy atom. The number of nitrogens with one attached hydrogen (secondary N) is 2. The minimum absolute atomic E-state index is 0.101. The lowest BCUT2D eigenvalue weighted by Gasteiger charge is -2.15. The number of carbonyl (C=O) groups excluding carboxylic acids is 1. The molecule has 1 heterocycles. The number of pyridine rings is 1. The van der Waals surface area contributed by atoms with Crippen molar-refractivity contribution in [2.75, 3.05) is 19.5 Å². The van der Waals surface area contributed by atoms with Crippen LogP contribution in [0.5, 0.6) is 11.5 Å². The van der Waals surface area contributed by atoms with E-state index in [4.69, 9.17) is 9.47 Å². The average molecular weight is 377 g/mol. The van der Waals surface area contributed by atoms with E-state index in [1.54, 1.807) is 32.7 Å². The van der Waals surface area contributed by atoms with Crippen molar-refractivity contribution in [3.05, 3.63) is 78.1 Å². The summed E-state index contributed by atoms with van der Waals surface area (Å²) in [5, 5.41) is 6.23. The molecule has 3 rings (SSSR count). The molecule has 1 aromatic heterocycles. The third kappa shape index (κ3) is 4.59. The van der Waals surface area contributed by atoms with Gasteiger partial charge in [0.2, 0.25) is 0 Å². The summed E-state index contributed by atoms with van der Waals surface area (Å²) in [5.74, 6) is 1.08. The summed E-state index contributed by atoms with van der Waals surface area (Å²) in [7, 11) is 3.18. The summed E-state index contributed by atoms with van der Waals surface area (Å²) < 4.78 is 10.6. The van der Waals surface area contributed by atoms with Crippen LogP contribution in [0, 0.1) is 0 Å². The van der Waals surface area contributed by atoms with Crippen molar-refractivity contribution in [2.45, 2.75) is 13.0 Å². The number of hydrogen-bond acceptors (Lipinski definition) is 5. The molecule has 28 heavy (non-hydrogen) atoms. The summed E-state index contributed by atoms with van der Waals surface area (Å²) in [4.78, 5) is 16.8. The summed E-state index contributed by atoms with van der Waals surface area (Å²) in [6.45, 7) is 1.95. The highest BCUT2D eigenvalue weighted by atomic mass is 16.5. The zero-order valence-corrected chi connectivity index (χ0v) is 16.1. The van der Waals surface area contributed by atoms with Crippen LogP contribution in [0.3, 0.4) is 0 Å². The molecule has 0 spiro atoms. The molecule has 6 heteroatoms. The lowest BCUT2D eigenvalue weighted by atomic mass is 10.1. The number of hydrogen-bond donors (Lipinski definition) is 2. The van der Waals surface area contributed by atoms with Gasteiger partial charge in [-0.3, -0.25) is 9.78 Å². The number of amides is 1. The molecule has 144 valence electrons. The van der Waals surface area contributed by atoms with Gasteiger partial charge in [-0.2, -0.15) is 0 Å². The van der Waals surface area contributed by atoms with E-state index in [1.165, 1.54) is 0 Å². The fourth-order valence-electron chi connectivity index (χ4n) is 2.82. The van der Waals surface area contributed by atoms with E-state index in [0.717, 1.165) is 11.3 Å². The van der Waals surface area contributed by atoms with E-state index in [2.05, 4.69) is 15.6 Å². The first-order valence-corrected chi connectivity index (χ1v) is 8.90. The van der Waals surface area contributed by atoms with Gasteiger partial charge in [-0.15, -0.1) is 0 Å². The molecule has 0 aliphatic heterocycles. The molecule has 2 N–H and O–H groups in total. The van der Waals surface area contributed by atoms with Crippen molar-refractivity contribution in [1.82, 2.24) is 10.3 Å². The van der Waals surface area contributed by atoms with Gasteiger partial charge in [-0.05, 0) is 30.7 Å². The molecule has 0 saturated heterocycles. The largest absolute Gasteiger partial charge is 0.493 e. The van der Waals surface area contributed by atoms with Gasteiger partial charge < -0.3 is 20.1 Å². The van der Waals surface area contributed by atoms with Crippen molar-refractivity contribution < 1.29 is 14.3 Å². The Hall–Kier alpha value is -3.54. The summed E-state index contributed by atoms with van der Waals surface area (Å²) in [5.41, 5.74) is 3.03. The third-order valence-corrected chi connectivity index (χ3v) is 4.32. The standard InChI is InChI=1S/C22H23N3O3/c1-15(16-7-5-4-6-8-16)24-22(26)17-11-19(14-23-13-17)25-18-9-10-20(27-2)21(12-18)28-3/h4-15,25H,1-3H3,(H,24,26). The van der Waals surface area contributed by atoms with Gasteiger partial charge in [0.1, 0.15) is 0 Å². The Bertz CT molecular complexity index is 945. The summed E-state index contributed by atoms with van der Waals surface area (Å²) in [6, 6.07) is 17.0. The van der Waals surface area contributed by atoms with Gasteiger partial charge in [0.25, 0.3) is 5.91 Å². The number of methoxy groups -OCH3 is 2. The molecular weight excluding hydrogens is 354 g/mol. The second-order valence-corrected chi connectivity index (χ2v) is 6.26. The maximum absolute atomic E-state index is 12.6. The van der Waals surface area contributed by atoms with Gasteiger partial charge in [0, 0.05) is 18.0 Å².